The molecule has 0 radical (unpaired) electrons. The maximum atomic E-state index is 7.26. The third-order valence-corrected chi connectivity index (χ3v) is 26.0. The fraction of sp³-hybridized carbons (Fsp3) is 0.133. The monoisotopic (exact) mass is 1290 g/mol. The van der Waals surface area contributed by atoms with Gasteiger partial charge in [0.1, 0.15) is 16.1 Å². The second-order valence-corrected chi connectivity index (χ2v) is 31.6. The van der Waals surface area contributed by atoms with E-state index in [0.717, 1.165) is 11.1 Å². The Balaban J connectivity index is 0.000000172. The zero-order valence-electron chi connectivity index (χ0n) is 38.1. The summed E-state index contributed by atoms with van der Waals surface area (Å²) in [6, 6.07) is 74.6. The summed E-state index contributed by atoms with van der Waals surface area (Å²) in [6.45, 7) is 9.55. The Hall–Kier alpha value is -4.35. The molecule has 0 amide bonds. The maximum Gasteiger partial charge on any atom is 1.00 e. The molecule has 8 aromatic rings. The summed E-state index contributed by atoms with van der Waals surface area (Å²) in [5.41, 5.74) is 7.17. The van der Waals surface area contributed by atoms with Crippen molar-refractivity contribution < 1.29 is 44.8 Å². The molecule has 334 valence electrons. The molecule has 0 aromatic heterocycles. The minimum Gasteiger partial charge on any atom is -0.366 e. The van der Waals surface area contributed by atoms with Crippen LogP contribution in [0.5, 0.6) is 0 Å². The molecule has 0 fully saturated rings. The van der Waals surface area contributed by atoms with Gasteiger partial charge in [0.25, 0.3) is 0 Å². The normalized spacial score (nSPS) is 12.7. The standard InChI is InChI=1S/C28H28P2.2C16H13Si.2Au/c1-5-15-25(16-6-1)29(26-17-7-2-8-18-26)23-13-14-24-30(27-19-9-3-10-20-27)28-21-11-4-12-22-28;1-4-12-9-10-16-14(11-12)13-7-5-6-8-15(13)17(16,2)3;1-4-12-9-10-14-13-7-5-6-8-15(13)17(2,3)16(14)11-12;;/h1-12,15-22H,13-14,23-24H2;2*5-11H,2-3H3;;/q;2*-1;2*+1/p+2. The first-order valence-corrected chi connectivity index (χ1v) is 31.9. The van der Waals surface area contributed by atoms with Crippen LogP contribution in [0.15, 0.2) is 206 Å². The molecule has 2 aliphatic rings. The van der Waals surface area contributed by atoms with Gasteiger partial charge in [0.2, 0.25) is 0 Å². The first kappa shape index (κ1) is 51.1. The van der Waals surface area contributed by atoms with Gasteiger partial charge in [-0.25, -0.2) is 0 Å². The van der Waals surface area contributed by atoms with Crippen molar-refractivity contribution in [2.24, 2.45) is 0 Å². The Labute approximate surface area is 430 Å². The molecular formula is C60H56Au2P2Si2+2. The molecule has 0 nitrogen and oxygen atoms in total. The average molecular weight is 1290 g/mol. The zero-order chi connectivity index (χ0) is 44.5. The molecule has 0 saturated carbocycles. The van der Waals surface area contributed by atoms with Gasteiger partial charge in [0.15, 0.2) is 0 Å². The molecule has 0 saturated heterocycles. The molecule has 2 aliphatic heterocycles. The number of hydrogen-bond acceptors (Lipinski definition) is 0. The van der Waals surface area contributed by atoms with Crippen molar-refractivity contribution in [2.75, 3.05) is 12.3 Å². The quantitative estimate of drug-likeness (QED) is 0.0444. The minimum atomic E-state index is -1.55. The third kappa shape index (κ3) is 11.3. The number of rotatable bonds is 9. The van der Waals surface area contributed by atoms with Crippen LogP contribution in [-0.4, -0.2) is 28.5 Å². The number of hydrogen-bond donors (Lipinski definition) is 0. The molecule has 8 aromatic carbocycles. The summed E-state index contributed by atoms with van der Waals surface area (Å²) in [4.78, 5) is 0. The van der Waals surface area contributed by atoms with Crippen molar-refractivity contribution in [1.82, 2.24) is 0 Å². The largest absolute Gasteiger partial charge is 1.00 e. The predicted octanol–water partition coefficient (Wildman–Crippen LogP) is 10.3. The summed E-state index contributed by atoms with van der Waals surface area (Å²) in [5, 5.41) is 12.1. The van der Waals surface area contributed by atoms with E-state index in [0.29, 0.717) is 0 Å². The van der Waals surface area contributed by atoms with E-state index in [9.17, 15) is 0 Å². The molecule has 6 heteroatoms. The van der Waals surface area contributed by atoms with Crippen LogP contribution in [0, 0.1) is 24.7 Å². The molecule has 10 rings (SSSR count). The third-order valence-electron chi connectivity index (χ3n) is 13.0. The van der Waals surface area contributed by atoms with E-state index in [1.54, 1.807) is 0 Å². The first-order chi connectivity index (χ1) is 31.2. The van der Waals surface area contributed by atoms with Crippen molar-refractivity contribution >= 4 is 74.0 Å². The zero-order valence-corrected chi connectivity index (χ0v) is 46.4. The summed E-state index contributed by atoms with van der Waals surface area (Å²) in [5.74, 6) is 4.97. The fourth-order valence-electron chi connectivity index (χ4n) is 9.65. The minimum absolute atomic E-state index is 0. The molecule has 0 spiro atoms. The van der Waals surface area contributed by atoms with Gasteiger partial charge in [-0.05, 0) is 99.2 Å². The van der Waals surface area contributed by atoms with Gasteiger partial charge in [0, 0.05) is 0 Å². The molecule has 0 atom stereocenters. The van der Waals surface area contributed by atoms with Crippen LogP contribution in [0.25, 0.3) is 22.3 Å². The van der Waals surface area contributed by atoms with Crippen LogP contribution in [-0.2, 0) is 44.8 Å². The van der Waals surface area contributed by atoms with E-state index >= 15 is 0 Å². The number of benzene rings is 8. The van der Waals surface area contributed by atoms with Gasteiger partial charge in [0.05, 0.1) is 49.4 Å². The number of fused-ring (bicyclic) bond motifs is 6. The molecule has 0 unspecified atom stereocenters. The van der Waals surface area contributed by atoms with Crippen molar-refractivity contribution in [3.05, 3.63) is 230 Å². The van der Waals surface area contributed by atoms with Gasteiger partial charge < -0.3 is 12.8 Å². The maximum absolute atomic E-state index is 7.26. The predicted molar refractivity (Wildman–Crippen MR) is 290 cm³/mol. The van der Waals surface area contributed by atoms with Crippen molar-refractivity contribution in [3.63, 3.8) is 0 Å². The number of unbranched alkanes of at least 4 members (excludes halogenated alkanes) is 1. The summed E-state index contributed by atoms with van der Waals surface area (Å²) < 4.78 is 0. The van der Waals surface area contributed by atoms with Crippen LogP contribution in [0.3, 0.4) is 0 Å². The summed E-state index contributed by atoms with van der Waals surface area (Å²) in [6.07, 6.45) is 19.7. The molecular weight excluding hydrogens is 1230 g/mol. The molecule has 66 heavy (non-hydrogen) atoms. The first-order valence-electron chi connectivity index (χ1n) is 22.5. The van der Waals surface area contributed by atoms with Gasteiger partial charge >= 0.3 is 44.8 Å². The van der Waals surface area contributed by atoms with Crippen LogP contribution < -0.4 is 42.0 Å². The van der Waals surface area contributed by atoms with Crippen molar-refractivity contribution in [3.8, 4) is 34.1 Å². The Kier molecular flexibility index (Phi) is 18.2. The van der Waals surface area contributed by atoms with E-state index in [-0.39, 0.29) is 44.8 Å². The molecule has 2 heterocycles. The van der Waals surface area contributed by atoms with Crippen LogP contribution in [0.4, 0.5) is 0 Å². The van der Waals surface area contributed by atoms with Crippen molar-refractivity contribution in [1.29, 1.82) is 0 Å². The van der Waals surface area contributed by atoms with E-state index in [1.807, 2.05) is 12.1 Å². The second kappa shape index (κ2) is 23.6. The van der Waals surface area contributed by atoms with Gasteiger partial charge in [-0.1, -0.05) is 165 Å². The van der Waals surface area contributed by atoms with Crippen molar-refractivity contribution in [2.45, 2.75) is 39.0 Å². The smallest absolute Gasteiger partial charge is 0.366 e. The Bertz CT molecular complexity index is 2760. The Morgan fingerprint density at radius 3 is 1.09 bits per heavy atom. The van der Waals surface area contributed by atoms with Gasteiger partial charge in [-0.15, -0.1) is 35.4 Å². The Morgan fingerprint density at radius 2 is 0.667 bits per heavy atom. The van der Waals surface area contributed by atoms with E-state index in [1.165, 1.54) is 89.4 Å². The second-order valence-electron chi connectivity index (χ2n) is 17.7. The summed E-state index contributed by atoms with van der Waals surface area (Å²) in [7, 11) is -4.49. The van der Waals surface area contributed by atoms with Crippen LogP contribution >= 0.6 is 15.8 Å². The summed E-state index contributed by atoms with van der Waals surface area (Å²) >= 11 is 0. The van der Waals surface area contributed by atoms with Crippen LogP contribution in [0.1, 0.15) is 24.0 Å². The topological polar surface area (TPSA) is 0 Å². The molecule has 0 bridgehead atoms. The van der Waals surface area contributed by atoms with Gasteiger partial charge in [-0.3, -0.25) is 11.8 Å². The fourth-order valence-corrected chi connectivity index (χ4v) is 21.2. The average Bonchev–Trinajstić information content (AvgIpc) is 3.72. The van der Waals surface area contributed by atoms with Crippen LogP contribution in [0.2, 0.25) is 26.2 Å². The molecule has 0 N–H and O–H groups in total. The Morgan fingerprint density at radius 1 is 0.348 bits per heavy atom. The van der Waals surface area contributed by atoms with E-state index in [4.69, 9.17) is 12.8 Å². The van der Waals surface area contributed by atoms with Gasteiger partial charge in [-0.2, -0.15) is 0 Å². The molecule has 0 aliphatic carbocycles. The van der Waals surface area contributed by atoms with E-state index in [2.05, 4.69) is 232 Å². The SMILES string of the molecule is [Au+].[Au+].[C-]#Cc1ccc2c(c1)-c1ccccc1[Si]2(C)C.[C-]#Cc1ccc2c(c1)[Si](C)(C)c1ccccc1-2.c1ccc([PH+](CCCC[PH+](c2ccccc2)c2ccccc2)c2ccccc2)cc1. The van der Waals surface area contributed by atoms with E-state index < -0.39 is 32.0 Å².